The molecule has 7 nitrogen and oxygen atoms in total. The number of ether oxygens (including phenoxy) is 1. The van der Waals surface area contributed by atoms with Crippen LogP contribution >= 0.6 is 0 Å². The van der Waals surface area contributed by atoms with Gasteiger partial charge in [0, 0.05) is 37.2 Å². The number of hydrogen-bond acceptors (Lipinski definition) is 5. The molecular formula is C22H23BFN3O4. The van der Waals surface area contributed by atoms with Crippen LogP contribution in [0.4, 0.5) is 10.1 Å². The second-order valence-corrected chi connectivity index (χ2v) is 7.20. The lowest BCUT2D eigenvalue weighted by Crippen LogP contribution is -2.59. The fourth-order valence-corrected chi connectivity index (χ4v) is 3.67. The molecule has 1 heterocycles. The van der Waals surface area contributed by atoms with Crippen LogP contribution in [-0.4, -0.2) is 50.4 Å². The summed E-state index contributed by atoms with van der Waals surface area (Å²) in [6.07, 6.45) is 0.656. The fraction of sp³-hybridized carbons (Fsp3) is 0.318. The molecule has 1 atom stereocenters. The SMILES string of the molecule is [B]C(CCC=O)(C(=O)NC)N1Cc2c(OCc3cccc(NC)c3F)cccc2C1=O. The molecule has 0 bridgehead atoms. The Kier molecular flexibility index (Phi) is 6.63. The Bertz CT molecular complexity index is 1020. The Morgan fingerprint density at radius 2 is 2.03 bits per heavy atom. The molecule has 1 unspecified atom stereocenters. The summed E-state index contributed by atoms with van der Waals surface area (Å²) in [5.74, 6) is -1.01. The first-order valence-electron chi connectivity index (χ1n) is 9.83. The predicted octanol–water partition coefficient (Wildman–Crippen LogP) is 1.99. The summed E-state index contributed by atoms with van der Waals surface area (Å²) in [5, 5.41) is 5.24. The average Bonchev–Trinajstić information content (AvgIpc) is 3.14. The summed E-state index contributed by atoms with van der Waals surface area (Å²) >= 11 is 0. The quantitative estimate of drug-likeness (QED) is 0.476. The topological polar surface area (TPSA) is 87.7 Å². The highest BCUT2D eigenvalue weighted by Gasteiger charge is 2.45. The maximum absolute atomic E-state index is 14.5. The van der Waals surface area contributed by atoms with E-state index in [0.29, 0.717) is 34.4 Å². The third kappa shape index (κ3) is 4.12. The van der Waals surface area contributed by atoms with Gasteiger partial charge in [-0.2, -0.15) is 0 Å². The van der Waals surface area contributed by atoms with Gasteiger partial charge in [-0.05, 0) is 24.6 Å². The van der Waals surface area contributed by atoms with E-state index >= 15 is 0 Å². The van der Waals surface area contributed by atoms with Gasteiger partial charge in [0.2, 0.25) is 5.91 Å². The molecule has 31 heavy (non-hydrogen) atoms. The van der Waals surface area contributed by atoms with Crippen molar-refractivity contribution < 1.29 is 23.5 Å². The van der Waals surface area contributed by atoms with Crippen LogP contribution < -0.4 is 15.4 Å². The van der Waals surface area contributed by atoms with Crippen LogP contribution in [0.15, 0.2) is 36.4 Å². The highest BCUT2D eigenvalue weighted by Crippen LogP contribution is 2.36. The number of anilines is 1. The number of carbonyl (C=O) groups excluding carboxylic acids is 3. The molecule has 2 aromatic rings. The molecule has 160 valence electrons. The van der Waals surface area contributed by atoms with Gasteiger partial charge in [-0.15, -0.1) is 0 Å². The van der Waals surface area contributed by atoms with Gasteiger partial charge in [0.25, 0.3) is 5.91 Å². The summed E-state index contributed by atoms with van der Waals surface area (Å²) in [6.45, 7) is -0.00743. The zero-order valence-electron chi connectivity index (χ0n) is 17.4. The number of nitrogens with zero attached hydrogens (tertiary/aromatic N) is 1. The second-order valence-electron chi connectivity index (χ2n) is 7.20. The molecule has 0 spiro atoms. The zero-order valence-corrected chi connectivity index (χ0v) is 17.4. The number of carbonyl (C=O) groups is 3. The van der Waals surface area contributed by atoms with Crippen LogP contribution in [0, 0.1) is 5.82 Å². The molecule has 1 aliphatic rings. The Morgan fingerprint density at radius 3 is 2.71 bits per heavy atom. The molecule has 3 rings (SSSR count). The molecule has 2 N–H and O–H groups in total. The average molecular weight is 423 g/mol. The summed E-state index contributed by atoms with van der Waals surface area (Å²) in [7, 11) is 9.36. The minimum atomic E-state index is -1.68. The van der Waals surface area contributed by atoms with Crippen molar-refractivity contribution in [3.63, 3.8) is 0 Å². The van der Waals surface area contributed by atoms with E-state index in [1.54, 1.807) is 43.4 Å². The first kappa shape index (κ1) is 22.3. The third-order valence-corrected chi connectivity index (χ3v) is 5.40. The lowest BCUT2D eigenvalue weighted by molar-refractivity contribution is -0.127. The lowest BCUT2D eigenvalue weighted by Gasteiger charge is -2.37. The molecule has 2 aromatic carbocycles. The van der Waals surface area contributed by atoms with Crippen molar-refractivity contribution in [1.29, 1.82) is 0 Å². The largest absolute Gasteiger partial charge is 0.488 e. The van der Waals surface area contributed by atoms with Gasteiger partial charge in [-0.25, -0.2) is 4.39 Å². The zero-order chi connectivity index (χ0) is 22.6. The molecule has 9 heteroatoms. The number of hydrogen-bond donors (Lipinski definition) is 2. The predicted molar refractivity (Wildman–Crippen MR) is 114 cm³/mol. The summed E-state index contributed by atoms with van der Waals surface area (Å²) in [4.78, 5) is 37.7. The smallest absolute Gasteiger partial charge is 0.254 e. The van der Waals surface area contributed by atoms with Crippen molar-refractivity contribution in [2.45, 2.75) is 31.4 Å². The number of aldehydes is 1. The maximum Gasteiger partial charge on any atom is 0.254 e. The van der Waals surface area contributed by atoms with Gasteiger partial charge >= 0.3 is 0 Å². The molecule has 1 aliphatic heterocycles. The van der Waals surface area contributed by atoms with Crippen LogP contribution in [0.2, 0.25) is 0 Å². The van der Waals surface area contributed by atoms with E-state index in [4.69, 9.17) is 12.6 Å². The van der Waals surface area contributed by atoms with Crippen LogP contribution in [-0.2, 0) is 22.7 Å². The van der Waals surface area contributed by atoms with E-state index in [0.717, 1.165) is 0 Å². The third-order valence-electron chi connectivity index (χ3n) is 5.40. The van der Waals surface area contributed by atoms with Gasteiger partial charge in [0.1, 0.15) is 26.5 Å². The number of fused-ring (bicyclic) bond motifs is 1. The molecule has 2 amide bonds. The van der Waals surface area contributed by atoms with Crippen LogP contribution in [0.1, 0.15) is 34.3 Å². The van der Waals surface area contributed by atoms with E-state index < -0.39 is 23.1 Å². The van der Waals surface area contributed by atoms with E-state index in [-0.39, 0.29) is 26.0 Å². The van der Waals surface area contributed by atoms with Gasteiger partial charge < -0.3 is 25.1 Å². The van der Waals surface area contributed by atoms with E-state index in [9.17, 15) is 18.8 Å². The van der Waals surface area contributed by atoms with Crippen LogP contribution in [0.5, 0.6) is 5.75 Å². The molecular weight excluding hydrogens is 400 g/mol. The summed E-state index contributed by atoms with van der Waals surface area (Å²) in [5.41, 5.74) is -0.0603. The molecule has 0 aromatic heterocycles. The molecule has 0 saturated carbocycles. The van der Waals surface area contributed by atoms with Crippen molar-refractivity contribution in [3.05, 3.63) is 58.9 Å². The normalized spacial score (nSPS) is 14.5. The number of benzene rings is 2. The molecule has 0 saturated heterocycles. The van der Waals surface area contributed by atoms with Gasteiger partial charge in [-0.1, -0.05) is 18.2 Å². The van der Waals surface area contributed by atoms with Gasteiger partial charge in [0.15, 0.2) is 5.82 Å². The summed E-state index contributed by atoms with van der Waals surface area (Å²) in [6, 6.07) is 9.91. The number of amides is 2. The molecule has 0 fully saturated rings. The van der Waals surface area contributed by atoms with E-state index in [1.165, 1.54) is 11.9 Å². The lowest BCUT2D eigenvalue weighted by atomic mass is 9.71. The highest BCUT2D eigenvalue weighted by atomic mass is 19.1. The Morgan fingerprint density at radius 1 is 1.29 bits per heavy atom. The number of halogens is 1. The van der Waals surface area contributed by atoms with Crippen molar-refractivity contribution in [3.8, 4) is 5.75 Å². The maximum atomic E-state index is 14.5. The Labute approximate surface area is 181 Å². The second kappa shape index (κ2) is 9.20. The van der Waals surface area contributed by atoms with E-state index in [1.807, 2.05) is 0 Å². The van der Waals surface area contributed by atoms with Crippen LogP contribution in [0.3, 0.4) is 0 Å². The van der Waals surface area contributed by atoms with Crippen molar-refractivity contribution in [2.75, 3.05) is 19.4 Å². The first-order chi connectivity index (χ1) is 14.9. The van der Waals surface area contributed by atoms with Gasteiger partial charge in [0.05, 0.1) is 17.7 Å². The molecule has 2 radical (unpaired) electrons. The van der Waals surface area contributed by atoms with Crippen molar-refractivity contribution in [1.82, 2.24) is 10.2 Å². The number of likely N-dealkylation sites (N-methyl/N-ethyl adjacent to an activating group) is 1. The standard InChI is InChI=1S/C22H23BFN3O4/c1-25-17-8-3-6-14(19(17)24)13-31-18-9-4-7-15-16(18)12-27(20(15)29)22(23,10-5-11-28)21(30)26-2/h3-4,6-9,11,25H,5,10,12-13H2,1-2H3,(H,26,30). The molecule has 0 aliphatic carbocycles. The minimum absolute atomic E-state index is 0.0197. The Balaban J connectivity index is 1.88. The summed E-state index contributed by atoms with van der Waals surface area (Å²) < 4.78 is 20.3. The first-order valence-corrected chi connectivity index (χ1v) is 9.83. The monoisotopic (exact) mass is 423 g/mol. The fourth-order valence-electron chi connectivity index (χ4n) is 3.67. The van der Waals surface area contributed by atoms with E-state index in [2.05, 4.69) is 10.6 Å². The van der Waals surface area contributed by atoms with Crippen LogP contribution in [0.25, 0.3) is 0 Å². The van der Waals surface area contributed by atoms with Crippen molar-refractivity contribution in [2.24, 2.45) is 0 Å². The number of rotatable bonds is 9. The highest BCUT2D eigenvalue weighted by molar-refractivity contribution is 6.30. The minimum Gasteiger partial charge on any atom is -0.488 e. The van der Waals surface area contributed by atoms with Gasteiger partial charge in [-0.3, -0.25) is 9.59 Å². The van der Waals surface area contributed by atoms with Crippen molar-refractivity contribution >= 4 is 31.6 Å². The Hall–Kier alpha value is -3.36. The number of nitrogens with one attached hydrogen (secondary N) is 2.